The van der Waals surface area contributed by atoms with Gasteiger partial charge in [0.1, 0.15) is 11.5 Å². The summed E-state index contributed by atoms with van der Waals surface area (Å²) in [5, 5.41) is 8.23. The highest BCUT2D eigenvalue weighted by Gasteiger charge is 2.25. The van der Waals surface area contributed by atoms with Crippen LogP contribution in [0.15, 0.2) is 42.5 Å². The molecule has 7 heteroatoms. The smallest absolute Gasteiger partial charge is 0.257 e. The quantitative estimate of drug-likeness (QED) is 0.704. The Kier molecular flexibility index (Phi) is 5.45. The van der Waals surface area contributed by atoms with Gasteiger partial charge < -0.3 is 14.4 Å². The van der Waals surface area contributed by atoms with Crippen LogP contribution in [0.1, 0.15) is 21.6 Å². The third-order valence-corrected chi connectivity index (χ3v) is 5.50. The number of amides is 1. The zero-order valence-corrected chi connectivity index (χ0v) is 17.1. The van der Waals surface area contributed by atoms with Gasteiger partial charge in [0.05, 0.1) is 25.5 Å². The van der Waals surface area contributed by atoms with Gasteiger partial charge in [0.2, 0.25) is 0 Å². The van der Waals surface area contributed by atoms with E-state index in [4.69, 9.17) is 21.1 Å². The van der Waals surface area contributed by atoms with E-state index < -0.39 is 0 Å². The molecule has 1 aliphatic rings. The van der Waals surface area contributed by atoms with E-state index in [0.717, 1.165) is 41.1 Å². The number of halogens is 1. The summed E-state index contributed by atoms with van der Waals surface area (Å²) in [7, 11) is 3.19. The van der Waals surface area contributed by atoms with Gasteiger partial charge in [0.15, 0.2) is 0 Å². The normalized spacial score (nSPS) is 13.6. The lowest BCUT2D eigenvalue weighted by Crippen LogP contribution is -2.33. The number of hydrogen-bond donors (Lipinski definition) is 1. The molecule has 1 aliphatic heterocycles. The monoisotopic (exact) mass is 411 g/mol. The van der Waals surface area contributed by atoms with Crippen molar-refractivity contribution >= 4 is 17.5 Å². The number of hydrogen-bond acceptors (Lipinski definition) is 4. The van der Waals surface area contributed by atoms with E-state index >= 15 is 0 Å². The summed E-state index contributed by atoms with van der Waals surface area (Å²) < 4.78 is 10.6. The number of rotatable bonds is 4. The van der Waals surface area contributed by atoms with Crippen LogP contribution in [0, 0.1) is 0 Å². The number of carbonyl (C=O) groups is 1. The lowest BCUT2D eigenvalue weighted by atomic mass is 10.0. The molecule has 0 fully saturated rings. The van der Waals surface area contributed by atoms with Gasteiger partial charge in [0.25, 0.3) is 5.91 Å². The first kappa shape index (κ1) is 19.3. The Morgan fingerprint density at radius 3 is 2.55 bits per heavy atom. The van der Waals surface area contributed by atoms with Gasteiger partial charge in [-0.15, -0.1) is 0 Å². The predicted molar refractivity (Wildman–Crippen MR) is 112 cm³/mol. The molecule has 0 aliphatic carbocycles. The van der Waals surface area contributed by atoms with E-state index in [1.807, 2.05) is 29.2 Å². The minimum atomic E-state index is -0.0531. The van der Waals surface area contributed by atoms with Crippen molar-refractivity contribution in [2.24, 2.45) is 0 Å². The summed E-state index contributed by atoms with van der Waals surface area (Å²) in [5.41, 5.74) is 4.72. The highest BCUT2D eigenvalue weighted by atomic mass is 35.5. The molecule has 4 rings (SSSR count). The maximum absolute atomic E-state index is 13.1. The number of benzene rings is 2. The third-order valence-electron chi connectivity index (χ3n) is 5.26. The number of aromatic nitrogens is 2. The SMILES string of the molecule is COc1ccc(-c2n[nH]c3c2CCN(C(=O)c2ccc(Cl)cc2OC)CC3)cc1. The average Bonchev–Trinajstić information content (AvgIpc) is 3.04. The lowest BCUT2D eigenvalue weighted by molar-refractivity contribution is 0.0759. The molecule has 1 amide bonds. The number of aromatic amines is 1. The third kappa shape index (κ3) is 3.80. The zero-order valence-electron chi connectivity index (χ0n) is 16.4. The van der Waals surface area contributed by atoms with Crippen molar-refractivity contribution in [3.8, 4) is 22.8 Å². The maximum atomic E-state index is 13.1. The average molecular weight is 412 g/mol. The van der Waals surface area contributed by atoms with Gasteiger partial charge in [-0.3, -0.25) is 9.89 Å². The van der Waals surface area contributed by atoms with Crippen molar-refractivity contribution in [1.82, 2.24) is 15.1 Å². The molecule has 6 nitrogen and oxygen atoms in total. The molecule has 0 spiro atoms. The maximum Gasteiger partial charge on any atom is 0.257 e. The van der Waals surface area contributed by atoms with Crippen molar-refractivity contribution in [1.29, 1.82) is 0 Å². The van der Waals surface area contributed by atoms with Crippen molar-refractivity contribution < 1.29 is 14.3 Å². The number of nitrogens with zero attached hydrogens (tertiary/aromatic N) is 2. The second-order valence-corrected chi connectivity index (χ2v) is 7.33. The van der Waals surface area contributed by atoms with Gasteiger partial charge >= 0.3 is 0 Å². The number of fused-ring (bicyclic) bond motifs is 1. The van der Waals surface area contributed by atoms with Crippen LogP contribution in [0.25, 0.3) is 11.3 Å². The zero-order chi connectivity index (χ0) is 20.4. The molecule has 0 atom stereocenters. The molecule has 150 valence electrons. The second-order valence-electron chi connectivity index (χ2n) is 6.89. The largest absolute Gasteiger partial charge is 0.497 e. The van der Waals surface area contributed by atoms with E-state index in [0.29, 0.717) is 29.4 Å². The summed E-state index contributed by atoms with van der Waals surface area (Å²) in [4.78, 5) is 15.0. The van der Waals surface area contributed by atoms with Crippen LogP contribution in [-0.4, -0.2) is 48.3 Å². The van der Waals surface area contributed by atoms with Crippen molar-refractivity contribution in [2.75, 3.05) is 27.3 Å². The van der Waals surface area contributed by atoms with Crippen LogP contribution in [-0.2, 0) is 12.8 Å². The molecular weight excluding hydrogens is 390 g/mol. The van der Waals surface area contributed by atoms with Crippen LogP contribution in [0.2, 0.25) is 5.02 Å². The first-order valence-corrected chi connectivity index (χ1v) is 9.82. The Morgan fingerprint density at radius 2 is 1.83 bits per heavy atom. The summed E-state index contributed by atoms with van der Waals surface area (Å²) in [6, 6.07) is 13.0. The number of ether oxygens (including phenoxy) is 2. The van der Waals surface area contributed by atoms with Gasteiger partial charge in [-0.2, -0.15) is 5.10 Å². The van der Waals surface area contributed by atoms with Crippen molar-refractivity contribution in [3.63, 3.8) is 0 Å². The Labute approximate surface area is 174 Å². The van der Waals surface area contributed by atoms with Crippen LogP contribution < -0.4 is 9.47 Å². The Bertz CT molecular complexity index is 1030. The fourth-order valence-corrected chi connectivity index (χ4v) is 3.85. The number of nitrogens with one attached hydrogen (secondary N) is 1. The standard InChI is InChI=1S/C22H22ClN3O3/c1-28-16-6-3-14(4-7-16)21-17-9-11-26(12-10-19(17)24-25-21)22(27)18-8-5-15(23)13-20(18)29-2/h3-8,13H,9-12H2,1-2H3,(H,24,25). The Morgan fingerprint density at radius 1 is 1.07 bits per heavy atom. The fourth-order valence-electron chi connectivity index (χ4n) is 3.69. The molecule has 0 bridgehead atoms. The number of methoxy groups -OCH3 is 2. The van der Waals surface area contributed by atoms with Gasteiger partial charge in [-0.05, 0) is 48.9 Å². The second kappa shape index (κ2) is 8.17. The molecule has 0 saturated heterocycles. The molecular formula is C22H22ClN3O3. The van der Waals surface area contributed by atoms with E-state index in [1.165, 1.54) is 0 Å². The minimum absolute atomic E-state index is 0.0531. The van der Waals surface area contributed by atoms with Crippen molar-refractivity contribution in [3.05, 3.63) is 64.3 Å². The summed E-state index contributed by atoms with van der Waals surface area (Å²) in [5.74, 6) is 1.25. The number of H-pyrrole nitrogens is 1. The van der Waals surface area contributed by atoms with E-state index in [1.54, 1.807) is 32.4 Å². The Balaban J connectivity index is 1.56. The highest BCUT2D eigenvalue weighted by molar-refractivity contribution is 6.30. The molecule has 1 aromatic heterocycles. The van der Waals surface area contributed by atoms with Crippen LogP contribution in [0.5, 0.6) is 11.5 Å². The molecule has 0 radical (unpaired) electrons. The van der Waals surface area contributed by atoms with Crippen LogP contribution >= 0.6 is 11.6 Å². The summed E-state index contributed by atoms with van der Waals surface area (Å²) >= 11 is 6.03. The highest BCUT2D eigenvalue weighted by Crippen LogP contribution is 2.29. The van der Waals surface area contributed by atoms with Crippen molar-refractivity contribution in [2.45, 2.75) is 12.8 Å². The predicted octanol–water partition coefficient (Wildman–Crippen LogP) is 3.99. The lowest BCUT2D eigenvalue weighted by Gasteiger charge is -2.21. The van der Waals surface area contributed by atoms with Crippen LogP contribution in [0.3, 0.4) is 0 Å². The molecule has 2 heterocycles. The molecule has 29 heavy (non-hydrogen) atoms. The minimum Gasteiger partial charge on any atom is -0.497 e. The molecule has 3 aromatic rings. The first-order valence-electron chi connectivity index (χ1n) is 9.44. The molecule has 0 saturated carbocycles. The first-order chi connectivity index (χ1) is 14.1. The van der Waals surface area contributed by atoms with Crippen LogP contribution in [0.4, 0.5) is 0 Å². The van der Waals surface area contributed by atoms with E-state index in [9.17, 15) is 4.79 Å². The number of carbonyl (C=O) groups excluding carboxylic acids is 1. The topological polar surface area (TPSA) is 67.5 Å². The van der Waals surface area contributed by atoms with E-state index in [2.05, 4.69) is 10.2 Å². The van der Waals surface area contributed by atoms with Gasteiger partial charge in [-0.1, -0.05) is 11.6 Å². The molecule has 0 unspecified atom stereocenters. The summed E-state index contributed by atoms with van der Waals surface area (Å²) in [6.07, 6.45) is 1.45. The summed E-state index contributed by atoms with van der Waals surface area (Å²) in [6.45, 7) is 1.22. The molecule has 1 N–H and O–H groups in total. The van der Waals surface area contributed by atoms with Gasteiger partial charge in [0, 0.05) is 41.4 Å². The fraction of sp³-hybridized carbons (Fsp3) is 0.273. The van der Waals surface area contributed by atoms with E-state index in [-0.39, 0.29) is 5.91 Å². The Hall–Kier alpha value is -2.99. The molecule has 2 aromatic carbocycles. The van der Waals surface area contributed by atoms with Gasteiger partial charge in [-0.25, -0.2) is 0 Å².